The van der Waals surface area contributed by atoms with Gasteiger partial charge in [0.05, 0.1) is 0 Å². The van der Waals surface area contributed by atoms with Crippen molar-refractivity contribution in [2.24, 2.45) is 0 Å². The number of nitrogens with two attached hydrogens (primary N) is 2. The average molecular weight is 149 g/mol. The van der Waals surface area contributed by atoms with Crippen molar-refractivity contribution in [3.63, 3.8) is 0 Å². The maximum Gasteiger partial charge on any atom is 0.128 e. The molecular formula is C8H11N3. The number of pyridine rings is 1. The molecule has 0 radical (unpaired) electrons. The summed E-state index contributed by atoms with van der Waals surface area (Å²) in [6, 6.07) is 1.81. The second-order valence-corrected chi connectivity index (χ2v) is 2.97. The van der Waals surface area contributed by atoms with Crippen molar-refractivity contribution < 1.29 is 0 Å². The minimum atomic E-state index is 0.587. The third-order valence-electron chi connectivity index (χ3n) is 2.04. The molecule has 0 unspecified atom stereocenters. The minimum Gasteiger partial charge on any atom is -0.398 e. The average Bonchev–Trinajstić information content (AvgIpc) is 2.70. The highest BCUT2D eigenvalue weighted by Gasteiger charge is 2.27. The van der Waals surface area contributed by atoms with Gasteiger partial charge in [0.2, 0.25) is 0 Å². The van der Waals surface area contributed by atoms with E-state index in [1.165, 1.54) is 12.8 Å². The van der Waals surface area contributed by atoms with E-state index in [2.05, 4.69) is 4.98 Å². The number of rotatable bonds is 1. The van der Waals surface area contributed by atoms with Crippen LogP contribution < -0.4 is 11.5 Å². The quantitative estimate of drug-likeness (QED) is 0.629. The van der Waals surface area contributed by atoms with Gasteiger partial charge in [0.25, 0.3) is 0 Å². The van der Waals surface area contributed by atoms with Crippen molar-refractivity contribution in [3.05, 3.63) is 17.8 Å². The van der Waals surface area contributed by atoms with Crippen LogP contribution in [0.3, 0.4) is 0 Å². The predicted molar refractivity (Wildman–Crippen MR) is 45.0 cm³/mol. The summed E-state index contributed by atoms with van der Waals surface area (Å²) < 4.78 is 0. The van der Waals surface area contributed by atoms with Crippen molar-refractivity contribution in [3.8, 4) is 0 Å². The van der Waals surface area contributed by atoms with Crippen LogP contribution in [0.1, 0.15) is 24.3 Å². The Labute approximate surface area is 65.4 Å². The van der Waals surface area contributed by atoms with E-state index in [1.54, 1.807) is 6.20 Å². The molecular weight excluding hydrogens is 138 g/mol. The van der Waals surface area contributed by atoms with Crippen LogP contribution in [0.5, 0.6) is 0 Å². The molecule has 1 aromatic rings. The first-order valence-electron chi connectivity index (χ1n) is 3.79. The number of nitrogen functional groups attached to an aromatic ring is 2. The van der Waals surface area contributed by atoms with E-state index in [0.717, 1.165) is 11.3 Å². The Morgan fingerprint density at radius 2 is 2.09 bits per heavy atom. The molecule has 2 rings (SSSR count). The first kappa shape index (κ1) is 6.46. The lowest BCUT2D eigenvalue weighted by atomic mass is 10.1. The summed E-state index contributed by atoms with van der Waals surface area (Å²) in [5.74, 6) is 1.19. The zero-order valence-corrected chi connectivity index (χ0v) is 6.25. The van der Waals surface area contributed by atoms with Crippen LogP contribution in [0.25, 0.3) is 0 Å². The first-order valence-corrected chi connectivity index (χ1v) is 3.79. The maximum atomic E-state index is 5.74. The van der Waals surface area contributed by atoms with Crippen molar-refractivity contribution in [1.29, 1.82) is 0 Å². The highest BCUT2D eigenvalue weighted by molar-refractivity contribution is 5.59. The molecule has 0 spiro atoms. The van der Waals surface area contributed by atoms with Gasteiger partial charge < -0.3 is 11.5 Å². The van der Waals surface area contributed by atoms with Crippen LogP contribution in [-0.2, 0) is 0 Å². The molecule has 11 heavy (non-hydrogen) atoms. The van der Waals surface area contributed by atoms with Crippen LogP contribution in [0, 0.1) is 0 Å². The van der Waals surface area contributed by atoms with E-state index in [1.807, 2.05) is 6.07 Å². The molecule has 1 aliphatic carbocycles. The van der Waals surface area contributed by atoms with Crippen LogP contribution >= 0.6 is 0 Å². The molecule has 3 heteroatoms. The standard InChI is InChI=1S/C8H11N3/c9-6-3-4-11-8(10)7(6)5-1-2-5/h3-5H,1-2H2,(H4,9,10,11). The Balaban J connectivity index is 2.48. The summed E-state index contributed by atoms with van der Waals surface area (Å²) in [5.41, 5.74) is 13.3. The normalized spacial score (nSPS) is 16.7. The third kappa shape index (κ3) is 1.02. The number of hydrogen-bond acceptors (Lipinski definition) is 3. The molecule has 0 bridgehead atoms. The highest BCUT2D eigenvalue weighted by atomic mass is 14.8. The number of aromatic nitrogens is 1. The fourth-order valence-electron chi connectivity index (χ4n) is 1.32. The van der Waals surface area contributed by atoms with E-state index in [9.17, 15) is 0 Å². The Bertz CT molecular complexity index is 258. The van der Waals surface area contributed by atoms with Gasteiger partial charge in [0.1, 0.15) is 5.82 Å². The fraction of sp³-hybridized carbons (Fsp3) is 0.375. The summed E-state index contributed by atoms with van der Waals surface area (Å²) in [6.45, 7) is 0. The molecule has 0 amide bonds. The summed E-state index contributed by atoms with van der Waals surface area (Å²) in [4.78, 5) is 4.00. The highest BCUT2D eigenvalue weighted by Crippen LogP contribution is 2.44. The van der Waals surface area contributed by atoms with Gasteiger partial charge in [-0.05, 0) is 24.8 Å². The van der Waals surface area contributed by atoms with E-state index in [4.69, 9.17) is 11.5 Å². The van der Waals surface area contributed by atoms with Gasteiger partial charge >= 0.3 is 0 Å². The number of nitrogens with zero attached hydrogens (tertiary/aromatic N) is 1. The van der Waals surface area contributed by atoms with Gasteiger partial charge in [-0.2, -0.15) is 0 Å². The van der Waals surface area contributed by atoms with Crippen LogP contribution in [0.4, 0.5) is 11.5 Å². The van der Waals surface area contributed by atoms with Crippen LogP contribution in [0.2, 0.25) is 0 Å². The van der Waals surface area contributed by atoms with Crippen LogP contribution in [-0.4, -0.2) is 4.98 Å². The van der Waals surface area contributed by atoms with Crippen molar-refractivity contribution in [2.75, 3.05) is 11.5 Å². The van der Waals surface area contributed by atoms with Gasteiger partial charge in [0.15, 0.2) is 0 Å². The van der Waals surface area contributed by atoms with Gasteiger partial charge in [-0.25, -0.2) is 4.98 Å². The smallest absolute Gasteiger partial charge is 0.128 e. The predicted octanol–water partition coefficient (Wildman–Crippen LogP) is 1.12. The monoisotopic (exact) mass is 149 g/mol. The van der Waals surface area contributed by atoms with Gasteiger partial charge in [0, 0.05) is 17.4 Å². The SMILES string of the molecule is Nc1ccnc(N)c1C1CC1. The molecule has 0 saturated heterocycles. The topological polar surface area (TPSA) is 64.9 Å². The molecule has 0 atom stereocenters. The molecule has 0 aromatic carbocycles. The van der Waals surface area contributed by atoms with Crippen molar-refractivity contribution >= 4 is 11.5 Å². The fourth-order valence-corrected chi connectivity index (χ4v) is 1.32. The Hall–Kier alpha value is -1.25. The molecule has 1 aromatic heterocycles. The van der Waals surface area contributed by atoms with Gasteiger partial charge in [-0.15, -0.1) is 0 Å². The first-order chi connectivity index (χ1) is 5.29. The summed E-state index contributed by atoms with van der Waals surface area (Å²) >= 11 is 0. The number of hydrogen-bond donors (Lipinski definition) is 2. The van der Waals surface area contributed by atoms with E-state index in [-0.39, 0.29) is 0 Å². The second kappa shape index (κ2) is 2.12. The Morgan fingerprint density at radius 1 is 1.36 bits per heavy atom. The summed E-state index contributed by atoms with van der Waals surface area (Å²) in [7, 11) is 0. The van der Waals surface area contributed by atoms with Gasteiger partial charge in [-0.1, -0.05) is 0 Å². The Morgan fingerprint density at radius 3 is 2.64 bits per heavy atom. The van der Waals surface area contributed by atoms with E-state index >= 15 is 0 Å². The lowest BCUT2D eigenvalue weighted by Crippen LogP contribution is -2.00. The minimum absolute atomic E-state index is 0.587. The molecule has 58 valence electrons. The second-order valence-electron chi connectivity index (χ2n) is 2.97. The maximum absolute atomic E-state index is 5.74. The van der Waals surface area contributed by atoms with Crippen molar-refractivity contribution in [2.45, 2.75) is 18.8 Å². The molecule has 4 N–H and O–H groups in total. The molecule has 3 nitrogen and oxygen atoms in total. The third-order valence-corrected chi connectivity index (χ3v) is 2.04. The lowest BCUT2D eigenvalue weighted by Gasteiger charge is -2.04. The molecule has 1 fully saturated rings. The summed E-state index contributed by atoms with van der Waals surface area (Å²) in [6.07, 6.45) is 4.07. The molecule has 1 aliphatic rings. The van der Waals surface area contributed by atoms with Crippen LogP contribution in [0.15, 0.2) is 12.3 Å². The molecule has 1 saturated carbocycles. The van der Waals surface area contributed by atoms with E-state index < -0.39 is 0 Å². The molecule has 0 aliphatic heterocycles. The van der Waals surface area contributed by atoms with Crippen molar-refractivity contribution in [1.82, 2.24) is 4.98 Å². The van der Waals surface area contributed by atoms with Gasteiger partial charge in [-0.3, -0.25) is 0 Å². The zero-order valence-electron chi connectivity index (χ0n) is 6.25. The Kier molecular flexibility index (Phi) is 1.24. The zero-order chi connectivity index (χ0) is 7.84. The largest absolute Gasteiger partial charge is 0.398 e. The summed E-state index contributed by atoms with van der Waals surface area (Å²) in [5, 5.41) is 0. The van der Waals surface area contributed by atoms with E-state index in [0.29, 0.717) is 11.7 Å². The lowest BCUT2D eigenvalue weighted by molar-refractivity contribution is 1.11. The number of anilines is 2. The molecule has 1 heterocycles.